The Hall–Kier alpha value is -2.45. The Morgan fingerprint density at radius 2 is 1.83 bits per heavy atom. The van der Waals surface area contributed by atoms with E-state index >= 15 is 0 Å². The number of nitrogens with one attached hydrogen (secondary N) is 1. The number of hydrogen-bond donors (Lipinski definition) is 2. The van der Waals surface area contributed by atoms with Crippen LogP contribution in [0.5, 0.6) is 5.75 Å². The van der Waals surface area contributed by atoms with Crippen LogP contribution in [0.1, 0.15) is 26.3 Å². The monoisotopic (exact) mass is 335 g/mol. The first-order valence-electron chi connectivity index (χ1n) is 6.44. The van der Waals surface area contributed by atoms with Gasteiger partial charge in [-0.05, 0) is 39.0 Å². The van der Waals surface area contributed by atoms with Crippen molar-refractivity contribution in [3.63, 3.8) is 0 Å². The fourth-order valence-electron chi connectivity index (χ4n) is 1.48. The van der Waals surface area contributed by atoms with Gasteiger partial charge < -0.3 is 14.6 Å². The molecule has 1 amide bonds. The minimum absolute atomic E-state index is 0.216. The van der Waals surface area contributed by atoms with Gasteiger partial charge in [0.15, 0.2) is 6.61 Å². The molecule has 23 heavy (non-hydrogen) atoms. The molecule has 9 heteroatoms. The van der Waals surface area contributed by atoms with Gasteiger partial charge in [-0.3, -0.25) is 5.32 Å². The summed E-state index contributed by atoms with van der Waals surface area (Å²) in [4.78, 5) is 22.2. The van der Waals surface area contributed by atoms with E-state index in [1.807, 2.05) is 0 Å². The second kappa shape index (κ2) is 6.76. The van der Waals surface area contributed by atoms with Crippen LogP contribution < -0.4 is 10.1 Å². The number of halogens is 3. The van der Waals surface area contributed by atoms with Crippen molar-refractivity contribution in [3.8, 4) is 5.75 Å². The molecular formula is C14H16F3NO5. The SMILES string of the molecule is CC(C)(C)OC(=O)Nc1cc(C(F)(F)F)ccc1OCC(=O)O. The van der Waals surface area contributed by atoms with Crippen molar-refractivity contribution >= 4 is 17.7 Å². The number of ether oxygens (including phenoxy) is 2. The first-order valence-corrected chi connectivity index (χ1v) is 6.44. The Morgan fingerprint density at radius 1 is 1.22 bits per heavy atom. The highest BCUT2D eigenvalue weighted by Crippen LogP contribution is 2.35. The van der Waals surface area contributed by atoms with Crippen LogP contribution >= 0.6 is 0 Å². The molecule has 1 rings (SSSR count). The number of carboxylic acid groups (broad SMARTS) is 1. The lowest BCUT2D eigenvalue weighted by Gasteiger charge is -2.21. The predicted molar refractivity (Wildman–Crippen MR) is 74.4 cm³/mol. The molecule has 0 saturated carbocycles. The van der Waals surface area contributed by atoms with Gasteiger partial charge in [-0.2, -0.15) is 13.2 Å². The summed E-state index contributed by atoms with van der Waals surface area (Å²) < 4.78 is 48.0. The number of alkyl halides is 3. The number of rotatable bonds is 4. The molecule has 0 aliphatic carbocycles. The van der Waals surface area contributed by atoms with Crippen molar-refractivity contribution in [3.05, 3.63) is 23.8 Å². The Balaban J connectivity index is 3.07. The summed E-state index contributed by atoms with van der Waals surface area (Å²) in [7, 11) is 0. The lowest BCUT2D eigenvalue weighted by molar-refractivity contribution is -0.139. The van der Waals surface area contributed by atoms with Gasteiger partial charge in [0.1, 0.15) is 11.4 Å². The molecule has 0 aliphatic rings. The van der Waals surface area contributed by atoms with Crippen molar-refractivity contribution < 1.29 is 37.3 Å². The molecule has 0 unspecified atom stereocenters. The largest absolute Gasteiger partial charge is 0.480 e. The van der Waals surface area contributed by atoms with Gasteiger partial charge in [-0.1, -0.05) is 0 Å². The smallest absolute Gasteiger partial charge is 0.416 e. The summed E-state index contributed by atoms with van der Waals surface area (Å²) in [5, 5.41) is 10.7. The zero-order valence-corrected chi connectivity index (χ0v) is 12.7. The molecule has 0 heterocycles. The lowest BCUT2D eigenvalue weighted by Crippen LogP contribution is -2.27. The maximum absolute atomic E-state index is 12.7. The number of amides is 1. The van der Waals surface area contributed by atoms with Crippen LogP contribution in [0.2, 0.25) is 0 Å². The molecule has 0 fully saturated rings. The summed E-state index contributed by atoms with van der Waals surface area (Å²) in [5.74, 6) is -1.53. The van der Waals surface area contributed by atoms with Gasteiger partial charge in [0.05, 0.1) is 11.3 Å². The standard InChI is InChI=1S/C14H16F3NO5/c1-13(2,3)23-12(21)18-9-6-8(14(15,16)17)4-5-10(9)22-7-11(19)20/h4-6H,7H2,1-3H3,(H,18,21)(H,19,20). The quantitative estimate of drug-likeness (QED) is 0.879. The average Bonchev–Trinajstić information content (AvgIpc) is 2.33. The second-order valence-corrected chi connectivity index (χ2v) is 5.52. The Labute approximate surface area is 130 Å². The van der Waals surface area contributed by atoms with Gasteiger partial charge >= 0.3 is 18.2 Å². The third-order valence-electron chi connectivity index (χ3n) is 2.29. The van der Waals surface area contributed by atoms with Crippen LogP contribution in [0.3, 0.4) is 0 Å². The fraction of sp³-hybridized carbons (Fsp3) is 0.429. The third kappa shape index (κ3) is 6.45. The summed E-state index contributed by atoms with van der Waals surface area (Å²) in [6.45, 7) is 3.98. The molecule has 0 aromatic heterocycles. The highest BCUT2D eigenvalue weighted by molar-refractivity contribution is 5.87. The molecule has 0 bridgehead atoms. The van der Waals surface area contributed by atoms with Crippen molar-refractivity contribution in [2.24, 2.45) is 0 Å². The highest BCUT2D eigenvalue weighted by Gasteiger charge is 2.31. The zero-order valence-electron chi connectivity index (χ0n) is 12.7. The Kier molecular flexibility index (Phi) is 5.46. The molecule has 0 spiro atoms. The predicted octanol–water partition coefficient (Wildman–Crippen LogP) is 3.52. The Bertz CT molecular complexity index is 593. The number of benzene rings is 1. The van der Waals surface area contributed by atoms with Crippen LogP contribution in [-0.2, 0) is 15.7 Å². The number of carbonyl (C=O) groups excluding carboxylic acids is 1. The van der Waals surface area contributed by atoms with Gasteiger partial charge in [-0.25, -0.2) is 9.59 Å². The van der Waals surface area contributed by atoms with Crippen LogP contribution in [0, 0.1) is 0 Å². The minimum Gasteiger partial charge on any atom is -0.480 e. The maximum Gasteiger partial charge on any atom is 0.416 e. The molecule has 2 N–H and O–H groups in total. The highest BCUT2D eigenvalue weighted by atomic mass is 19.4. The molecule has 6 nitrogen and oxygen atoms in total. The summed E-state index contributed by atoms with van der Waals surface area (Å²) in [6, 6.07) is 2.29. The van der Waals surface area contributed by atoms with Crippen LogP contribution in [0.4, 0.5) is 23.7 Å². The fourth-order valence-corrected chi connectivity index (χ4v) is 1.48. The third-order valence-corrected chi connectivity index (χ3v) is 2.29. The van der Waals surface area contributed by atoms with E-state index in [1.54, 1.807) is 20.8 Å². The molecule has 128 valence electrons. The summed E-state index contributed by atoms with van der Waals surface area (Å²) >= 11 is 0. The number of aliphatic carboxylic acids is 1. The molecule has 0 aliphatic heterocycles. The molecule has 0 radical (unpaired) electrons. The van der Waals surface area contributed by atoms with Crippen LogP contribution in [0.15, 0.2) is 18.2 Å². The van der Waals surface area contributed by atoms with Crippen LogP contribution in [0.25, 0.3) is 0 Å². The molecule has 1 aromatic carbocycles. The normalized spacial score (nSPS) is 11.7. The zero-order chi connectivity index (χ0) is 17.8. The van der Waals surface area contributed by atoms with E-state index in [-0.39, 0.29) is 11.4 Å². The van der Waals surface area contributed by atoms with Crippen molar-refractivity contribution in [2.45, 2.75) is 32.5 Å². The van der Waals surface area contributed by atoms with Gasteiger partial charge in [-0.15, -0.1) is 0 Å². The minimum atomic E-state index is -4.63. The first-order chi connectivity index (χ1) is 10.4. The van der Waals surface area contributed by atoms with Crippen molar-refractivity contribution in [1.29, 1.82) is 0 Å². The van der Waals surface area contributed by atoms with Gasteiger partial charge in [0.2, 0.25) is 0 Å². The van der Waals surface area contributed by atoms with E-state index < -0.39 is 36.0 Å². The Morgan fingerprint density at radius 3 is 2.30 bits per heavy atom. The maximum atomic E-state index is 12.7. The van der Waals surface area contributed by atoms with E-state index in [2.05, 4.69) is 5.32 Å². The average molecular weight is 335 g/mol. The molecular weight excluding hydrogens is 319 g/mol. The second-order valence-electron chi connectivity index (χ2n) is 5.52. The van der Waals surface area contributed by atoms with Gasteiger partial charge in [0.25, 0.3) is 0 Å². The van der Waals surface area contributed by atoms with Crippen LogP contribution in [-0.4, -0.2) is 29.4 Å². The van der Waals surface area contributed by atoms with E-state index in [9.17, 15) is 22.8 Å². The summed E-state index contributed by atoms with van der Waals surface area (Å²) in [5.41, 5.74) is -2.21. The number of carboxylic acids is 1. The van der Waals surface area contributed by atoms with E-state index in [0.717, 1.165) is 12.1 Å². The molecule has 1 aromatic rings. The topological polar surface area (TPSA) is 84.9 Å². The first kappa shape index (κ1) is 18.6. The molecule has 0 saturated heterocycles. The van der Waals surface area contributed by atoms with E-state index in [4.69, 9.17) is 14.6 Å². The lowest BCUT2D eigenvalue weighted by atomic mass is 10.1. The van der Waals surface area contributed by atoms with Crippen molar-refractivity contribution in [2.75, 3.05) is 11.9 Å². The summed E-state index contributed by atoms with van der Waals surface area (Å²) in [6.07, 6.45) is -5.62. The van der Waals surface area contributed by atoms with E-state index in [0.29, 0.717) is 6.07 Å². The number of carbonyl (C=O) groups is 2. The van der Waals surface area contributed by atoms with Gasteiger partial charge in [0, 0.05) is 0 Å². The van der Waals surface area contributed by atoms with E-state index in [1.165, 1.54) is 0 Å². The van der Waals surface area contributed by atoms with Crippen molar-refractivity contribution in [1.82, 2.24) is 0 Å². The number of anilines is 1. The molecule has 0 atom stereocenters. The number of hydrogen-bond acceptors (Lipinski definition) is 4.